The molecule has 118 valence electrons. The Kier molecular flexibility index (Phi) is 5.48. The first-order valence-corrected chi connectivity index (χ1v) is 9.17. The van der Waals surface area contributed by atoms with Crippen molar-refractivity contribution >= 4 is 19.7 Å². The Morgan fingerprint density at radius 3 is 2.57 bits per heavy atom. The van der Waals surface area contributed by atoms with E-state index in [0.29, 0.717) is 12.4 Å². The molecule has 5 nitrogen and oxygen atoms in total. The number of hydrogen-bond donors (Lipinski definition) is 0. The first-order chi connectivity index (χ1) is 9.88. The lowest BCUT2D eigenvalue weighted by Gasteiger charge is -2.26. The summed E-state index contributed by atoms with van der Waals surface area (Å²) >= 11 is 0. The van der Waals surface area contributed by atoms with E-state index in [2.05, 4.69) is 4.90 Å². The first kappa shape index (κ1) is 16.5. The van der Waals surface area contributed by atoms with Crippen molar-refractivity contribution in [2.75, 3.05) is 39.5 Å². The van der Waals surface area contributed by atoms with Gasteiger partial charge in [0.25, 0.3) is 9.05 Å². The summed E-state index contributed by atoms with van der Waals surface area (Å²) in [5, 5.41) is 0. The molecule has 0 aromatic heterocycles. The fourth-order valence-electron chi connectivity index (χ4n) is 2.38. The molecule has 1 aromatic carbocycles. The van der Waals surface area contributed by atoms with Gasteiger partial charge in [-0.05, 0) is 31.0 Å². The molecule has 1 fully saturated rings. The highest BCUT2D eigenvalue weighted by molar-refractivity contribution is 8.13. The summed E-state index contributed by atoms with van der Waals surface area (Å²) in [6.45, 7) is 8.00. The Balaban J connectivity index is 2.08. The molecule has 1 aliphatic heterocycles. The van der Waals surface area contributed by atoms with Crippen LogP contribution >= 0.6 is 10.7 Å². The molecule has 1 aromatic rings. The van der Waals surface area contributed by atoms with Crippen molar-refractivity contribution in [3.05, 3.63) is 23.3 Å². The lowest BCUT2D eigenvalue weighted by atomic mass is 10.1. The monoisotopic (exact) mass is 333 g/mol. The van der Waals surface area contributed by atoms with Gasteiger partial charge in [0.2, 0.25) is 0 Å². The van der Waals surface area contributed by atoms with Crippen LogP contribution in [0, 0.1) is 13.8 Å². The molecule has 0 N–H and O–H groups in total. The van der Waals surface area contributed by atoms with Crippen molar-refractivity contribution in [2.45, 2.75) is 18.7 Å². The van der Waals surface area contributed by atoms with Gasteiger partial charge in [0, 0.05) is 30.3 Å². The Morgan fingerprint density at radius 1 is 1.29 bits per heavy atom. The van der Waals surface area contributed by atoms with Crippen LogP contribution in [0.5, 0.6) is 5.75 Å². The predicted molar refractivity (Wildman–Crippen MR) is 81.7 cm³/mol. The fourth-order valence-corrected chi connectivity index (χ4v) is 3.49. The van der Waals surface area contributed by atoms with Gasteiger partial charge in [0.1, 0.15) is 17.3 Å². The summed E-state index contributed by atoms with van der Waals surface area (Å²) in [4.78, 5) is 2.27. The highest BCUT2D eigenvalue weighted by Crippen LogP contribution is 2.31. The average molecular weight is 334 g/mol. The van der Waals surface area contributed by atoms with Gasteiger partial charge in [-0.3, -0.25) is 4.90 Å². The van der Waals surface area contributed by atoms with Crippen molar-refractivity contribution in [3.63, 3.8) is 0 Å². The third kappa shape index (κ3) is 4.57. The summed E-state index contributed by atoms with van der Waals surface area (Å²) in [5.74, 6) is 0.351. The minimum Gasteiger partial charge on any atom is -0.491 e. The second kappa shape index (κ2) is 6.96. The van der Waals surface area contributed by atoms with E-state index in [9.17, 15) is 8.42 Å². The third-order valence-electron chi connectivity index (χ3n) is 3.41. The van der Waals surface area contributed by atoms with Gasteiger partial charge in [-0.15, -0.1) is 0 Å². The molecule has 0 atom stereocenters. The molecule has 7 heteroatoms. The number of ether oxygens (including phenoxy) is 2. The zero-order valence-electron chi connectivity index (χ0n) is 12.3. The van der Waals surface area contributed by atoms with Gasteiger partial charge in [-0.1, -0.05) is 6.07 Å². The summed E-state index contributed by atoms with van der Waals surface area (Å²) in [5.41, 5.74) is 1.61. The first-order valence-electron chi connectivity index (χ1n) is 6.87. The maximum absolute atomic E-state index is 11.7. The third-order valence-corrected chi connectivity index (χ3v) is 4.73. The van der Waals surface area contributed by atoms with E-state index >= 15 is 0 Å². The number of nitrogens with zero attached hydrogens (tertiary/aromatic N) is 1. The zero-order chi connectivity index (χ0) is 15.5. The van der Waals surface area contributed by atoms with Crippen molar-refractivity contribution in [1.82, 2.24) is 4.90 Å². The van der Waals surface area contributed by atoms with E-state index in [4.69, 9.17) is 20.2 Å². The maximum atomic E-state index is 11.7. The van der Waals surface area contributed by atoms with Gasteiger partial charge in [0.15, 0.2) is 0 Å². The van der Waals surface area contributed by atoms with Crippen LogP contribution in [0.1, 0.15) is 11.1 Å². The molecule has 1 saturated heterocycles. The van der Waals surface area contributed by atoms with Crippen LogP contribution in [-0.2, 0) is 13.8 Å². The highest BCUT2D eigenvalue weighted by Gasteiger charge is 2.20. The van der Waals surface area contributed by atoms with Crippen LogP contribution < -0.4 is 4.74 Å². The SMILES string of the molecule is Cc1cc(C)c(OCCN2CCOCC2)c(S(=O)(=O)Cl)c1. The van der Waals surface area contributed by atoms with E-state index < -0.39 is 9.05 Å². The largest absolute Gasteiger partial charge is 0.491 e. The van der Waals surface area contributed by atoms with Crippen molar-refractivity contribution in [2.24, 2.45) is 0 Å². The number of aryl methyl sites for hydroxylation is 2. The van der Waals surface area contributed by atoms with Crippen molar-refractivity contribution < 1.29 is 17.9 Å². The number of hydrogen-bond acceptors (Lipinski definition) is 5. The molecule has 0 bridgehead atoms. The standard InChI is InChI=1S/C14H20ClNO4S/c1-11-9-12(2)14(13(10-11)21(15,17)18)20-8-5-16-3-6-19-7-4-16/h9-10H,3-8H2,1-2H3. The quantitative estimate of drug-likeness (QED) is 0.771. The average Bonchev–Trinajstić information content (AvgIpc) is 2.41. The molecule has 1 heterocycles. The molecule has 2 rings (SSSR count). The summed E-state index contributed by atoms with van der Waals surface area (Å²) in [7, 11) is 1.68. The van der Waals surface area contributed by atoms with Gasteiger partial charge in [0.05, 0.1) is 13.2 Å². The Hall–Kier alpha value is -0.820. The van der Waals surface area contributed by atoms with Crippen LogP contribution in [0.3, 0.4) is 0 Å². The molecular formula is C14H20ClNO4S. The van der Waals surface area contributed by atoms with E-state index in [1.54, 1.807) is 6.07 Å². The van der Waals surface area contributed by atoms with Crippen LogP contribution in [0.15, 0.2) is 17.0 Å². The summed E-state index contributed by atoms with van der Waals surface area (Å²) < 4.78 is 34.4. The lowest BCUT2D eigenvalue weighted by molar-refractivity contribution is 0.0320. The van der Waals surface area contributed by atoms with E-state index in [1.165, 1.54) is 0 Å². The smallest absolute Gasteiger partial charge is 0.265 e. The lowest BCUT2D eigenvalue weighted by Crippen LogP contribution is -2.38. The Morgan fingerprint density at radius 2 is 1.95 bits per heavy atom. The molecule has 21 heavy (non-hydrogen) atoms. The molecule has 0 spiro atoms. The van der Waals surface area contributed by atoms with Crippen molar-refractivity contribution in [3.8, 4) is 5.75 Å². The van der Waals surface area contributed by atoms with Crippen LogP contribution in [0.25, 0.3) is 0 Å². The number of halogens is 1. The molecule has 0 radical (unpaired) electrons. The highest BCUT2D eigenvalue weighted by atomic mass is 35.7. The Labute approximate surface area is 130 Å². The normalized spacial score (nSPS) is 16.9. The minimum absolute atomic E-state index is 0.0450. The Bertz CT molecular complexity index is 597. The van der Waals surface area contributed by atoms with E-state index in [0.717, 1.165) is 44.0 Å². The van der Waals surface area contributed by atoms with Crippen LogP contribution in [0.2, 0.25) is 0 Å². The van der Waals surface area contributed by atoms with Crippen molar-refractivity contribution in [1.29, 1.82) is 0 Å². The number of benzene rings is 1. The fraction of sp³-hybridized carbons (Fsp3) is 0.571. The maximum Gasteiger partial charge on any atom is 0.265 e. The molecule has 0 unspecified atom stereocenters. The van der Waals surface area contributed by atoms with Gasteiger partial charge in [-0.25, -0.2) is 8.42 Å². The van der Waals surface area contributed by atoms with Crippen LogP contribution in [0.4, 0.5) is 0 Å². The number of morpholine rings is 1. The zero-order valence-corrected chi connectivity index (χ0v) is 13.8. The molecule has 1 aliphatic rings. The van der Waals surface area contributed by atoms with Gasteiger partial charge in [-0.2, -0.15) is 0 Å². The molecule has 0 amide bonds. The van der Waals surface area contributed by atoms with E-state index in [1.807, 2.05) is 19.9 Å². The topological polar surface area (TPSA) is 55.8 Å². The molecule has 0 saturated carbocycles. The second-order valence-corrected chi connectivity index (χ2v) is 7.68. The minimum atomic E-state index is -3.82. The number of rotatable bonds is 5. The summed E-state index contributed by atoms with van der Waals surface area (Å²) in [6.07, 6.45) is 0. The second-order valence-electron chi connectivity index (χ2n) is 5.15. The predicted octanol–water partition coefficient (Wildman–Crippen LogP) is 1.94. The van der Waals surface area contributed by atoms with E-state index in [-0.39, 0.29) is 4.90 Å². The van der Waals surface area contributed by atoms with Crippen LogP contribution in [-0.4, -0.2) is 52.8 Å². The van der Waals surface area contributed by atoms with Gasteiger partial charge < -0.3 is 9.47 Å². The molecule has 0 aliphatic carbocycles. The molecular weight excluding hydrogens is 314 g/mol. The summed E-state index contributed by atoms with van der Waals surface area (Å²) in [6, 6.07) is 3.43. The van der Waals surface area contributed by atoms with Gasteiger partial charge >= 0.3 is 0 Å².